The predicted molar refractivity (Wildman–Crippen MR) is 135 cm³/mol. The van der Waals surface area contributed by atoms with Crippen LogP contribution in [0.5, 0.6) is 0 Å². The zero-order valence-corrected chi connectivity index (χ0v) is 22.7. The van der Waals surface area contributed by atoms with Crippen LogP contribution in [0.2, 0.25) is 0 Å². The summed E-state index contributed by atoms with van der Waals surface area (Å²) in [6.45, 7) is 5.02. The number of hydrogen-bond donors (Lipinski definition) is 3. The highest BCUT2D eigenvalue weighted by Crippen LogP contribution is 2.30. The molecule has 2 aromatic rings. The molecule has 1 saturated heterocycles. The van der Waals surface area contributed by atoms with Gasteiger partial charge in [-0.15, -0.1) is 11.3 Å². The summed E-state index contributed by atoms with van der Waals surface area (Å²) < 4.78 is 66.0. The minimum atomic E-state index is -4.66. The van der Waals surface area contributed by atoms with Crippen LogP contribution in [0.1, 0.15) is 55.3 Å². The summed E-state index contributed by atoms with van der Waals surface area (Å²) in [6, 6.07) is 2.50. The number of aliphatic hydroxyl groups excluding tert-OH is 1. The summed E-state index contributed by atoms with van der Waals surface area (Å²) in [7, 11) is -4.33. The molecule has 0 unspecified atom stereocenters. The number of sulfonamides is 1. The molecule has 0 radical (unpaired) electrons. The average Bonchev–Trinajstić information content (AvgIpc) is 3.34. The number of β-amino-alcohol motifs (C(OH)–C–C–N with tert-alkyl or cyclic N) is 1. The number of carbonyl (C=O) groups is 2. The van der Waals surface area contributed by atoms with Crippen molar-refractivity contribution in [3.8, 4) is 0 Å². The number of aliphatic hydroxyl groups is 1. The van der Waals surface area contributed by atoms with Gasteiger partial charge in [0.15, 0.2) is 5.03 Å². The zero-order valence-electron chi connectivity index (χ0n) is 21.1. The number of hydrogen-bond acceptors (Lipinski definition) is 7. The number of aromatic nitrogens is 1. The van der Waals surface area contributed by atoms with Gasteiger partial charge in [-0.05, 0) is 55.7 Å². The van der Waals surface area contributed by atoms with Gasteiger partial charge in [-0.3, -0.25) is 9.59 Å². The van der Waals surface area contributed by atoms with Gasteiger partial charge in [0, 0.05) is 18.8 Å². The molecule has 2 aromatic heterocycles. The van der Waals surface area contributed by atoms with Crippen molar-refractivity contribution in [3.63, 3.8) is 0 Å². The summed E-state index contributed by atoms with van der Waals surface area (Å²) in [4.78, 5) is 29.6. The van der Waals surface area contributed by atoms with Gasteiger partial charge in [0.05, 0.1) is 22.6 Å². The third kappa shape index (κ3) is 7.30. The van der Waals surface area contributed by atoms with E-state index in [2.05, 4.69) is 15.6 Å². The first-order valence-electron chi connectivity index (χ1n) is 12.1. The number of amides is 2. The summed E-state index contributed by atoms with van der Waals surface area (Å²) in [5, 5.41) is 17.5. The third-order valence-electron chi connectivity index (χ3n) is 6.26. The second-order valence-electron chi connectivity index (χ2n) is 9.70. The van der Waals surface area contributed by atoms with Crippen molar-refractivity contribution in [2.45, 2.75) is 75.5 Å². The lowest BCUT2D eigenvalue weighted by molar-refractivity contribution is -0.137. The maximum atomic E-state index is 13.2. The van der Waals surface area contributed by atoms with Crippen LogP contribution < -0.4 is 10.6 Å². The van der Waals surface area contributed by atoms with Gasteiger partial charge in [0.25, 0.3) is 15.9 Å². The minimum absolute atomic E-state index is 0.0744. The molecule has 1 aliphatic heterocycles. The number of pyridine rings is 1. The standard InChI is InChI=1S/C24H31F3N4O5S2/c1-14(2)11-18(30-23(34)20-5-4-10-37-20)22(33)29-17-8-6-15(3)31(13-19(17)32)38(35,36)21-9-7-16(12-28-21)24(25,26)27/h4-5,7,9-10,12,14-15,17-19,32H,6,8,11,13H2,1-3H3,(H,29,33)(H,30,34)/t15-,17+,18+,19+/m1/s1. The molecule has 9 nitrogen and oxygen atoms in total. The van der Waals surface area contributed by atoms with Gasteiger partial charge >= 0.3 is 6.18 Å². The van der Waals surface area contributed by atoms with Crippen LogP contribution in [0.3, 0.4) is 0 Å². The Kier molecular flexibility index (Phi) is 9.55. The van der Waals surface area contributed by atoms with Gasteiger partial charge in [-0.2, -0.15) is 17.5 Å². The highest BCUT2D eigenvalue weighted by Gasteiger charge is 2.39. The van der Waals surface area contributed by atoms with Crippen LogP contribution in [0.25, 0.3) is 0 Å². The first-order valence-corrected chi connectivity index (χ1v) is 14.4. The van der Waals surface area contributed by atoms with E-state index in [1.165, 1.54) is 11.3 Å². The van der Waals surface area contributed by atoms with Crippen molar-refractivity contribution in [1.29, 1.82) is 0 Å². The van der Waals surface area contributed by atoms with Crippen LogP contribution in [-0.2, 0) is 21.0 Å². The van der Waals surface area contributed by atoms with Crippen molar-refractivity contribution in [2.75, 3.05) is 6.54 Å². The topological polar surface area (TPSA) is 129 Å². The quantitative estimate of drug-likeness (QED) is 0.443. The van der Waals surface area contributed by atoms with E-state index in [4.69, 9.17) is 0 Å². The highest BCUT2D eigenvalue weighted by atomic mass is 32.2. The molecule has 0 saturated carbocycles. The summed E-state index contributed by atoms with van der Waals surface area (Å²) in [5.41, 5.74) is -1.08. The van der Waals surface area contributed by atoms with E-state index in [9.17, 15) is 36.3 Å². The molecule has 0 bridgehead atoms. The lowest BCUT2D eigenvalue weighted by Gasteiger charge is -2.28. The van der Waals surface area contributed by atoms with E-state index in [0.29, 0.717) is 23.6 Å². The van der Waals surface area contributed by atoms with Crippen molar-refractivity contribution in [2.24, 2.45) is 5.92 Å². The van der Waals surface area contributed by atoms with Crippen LogP contribution >= 0.6 is 11.3 Å². The maximum Gasteiger partial charge on any atom is 0.417 e. The molecule has 2 amide bonds. The van der Waals surface area contributed by atoms with E-state index in [1.807, 2.05) is 13.8 Å². The van der Waals surface area contributed by atoms with E-state index in [-0.39, 0.29) is 18.8 Å². The molecule has 1 fully saturated rings. The largest absolute Gasteiger partial charge is 0.417 e. The predicted octanol–water partition coefficient (Wildman–Crippen LogP) is 3.03. The molecule has 210 valence electrons. The molecular formula is C24H31F3N4O5S2. The number of thiophene rings is 1. The summed E-state index contributed by atoms with van der Waals surface area (Å²) in [5.74, 6) is -0.816. The van der Waals surface area contributed by atoms with E-state index < -0.39 is 69.4 Å². The lowest BCUT2D eigenvalue weighted by atomic mass is 10.0. The molecule has 3 rings (SSSR count). The fraction of sp³-hybridized carbons (Fsp3) is 0.542. The molecule has 3 N–H and O–H groups in total. The Morgan fingerprint density at radius 1 is 1.24 bits per heavy atom. The van der Waals surface area contributed by atoms with Crippen LogP contribution in [0.4, 0.5) is 13.2 Å². The molecule has 0 spiro atoms. The number of rotatable bonds is 8. The van der Waals surface area contributed by atoms with E-state index in [0.717, 1.165) is 10.4 Å². The van der Waals surface area contributed by atoms with E-state index in [1.54, 1.807) is 24.4 Å². The van der Waals surface area contributed by atoms with Gasteiger partial charge in [0.1, 0.15) is 6.04 Å². The van der Waals surface area contributed by atoms with Gasteiger partial charge in [-0.25, -0.2) is 13.4 Å². The number of carbonyl (C=O) groups excluding carboxylic acids is 2. The maximum absolute atomic E-state index is 13.2. The molecule has 0 aromatic carbocycles. The third-order valence-corrected chi connectivity index (χ3v) is 9.02. The average molecular weight is 577 g/mol. The first-order chi connectivity index (χ1) is 17.7. The number of nitrogens with one attached hydrogen (secondary N) is 2. The fourth-order valence-electron chi connectivity index (χ4n) is 4.20. The SMILES string of the molecule is CC(C)C[C@H](NC(=O)c1cccs1)C(=O)N[C@H]1CC[C@@H](C)N(S(=O)(=O)c2ccc(C(F)(F)F)cn2)C[C@@H]1O. The van der Waals surface area contributed by atoms with Crippen molar-refractivity contribution in [1.82, 2.24) is 19.9 Å². The highest BCUT2D eigenvalue weighted by molar-refractivity contribution is 7.89. The van der Waals surface area contributed by atoms with Gasteiger partial charge in [0.2, 0.25) is 5.91 Å². The van der Waals surface area contributed by atoms with E-state index >= 15 is 0 Å². The first kappa shape index (κ1) is 30.0. The van der Waals surface area contributed by atoms with Crippen LogP contribution in [-0.4, -0.2) is 65.4 Å². The fourth-order valence-corrected chi connectivity index (χ4v) is 6.42. The molecule has 1 aliphatic rings. The molecule has 38 heavy (non-hydrogen) atoms. The number of alkyl halides is 3. The second kappa shape index (κ2) is 12.1. The van der Waals surface area contributed by atoms with Gasteiger partial charge < -0.3 is 15.7 Å². The van der Waals surface area contributed by atoms with Crippen LogP contribution in [0, 0.1) is 5.92 Å². The second-order valence-corrected chi connectivity index (χ2v) is 12.5. The molecule has 14 heteroatoms. The van der Waals surface area contributed by atoms with Crippen LogP contribution in [0.15, 0.2) is 40.9 Å². The Labute approximate surface area is 223 Å². The summed E-state index contributed by atoms with van der Waals surface area (Å²) in [6.07, 6.45) is -4.66. The monoisotopic (exact) mass is 576 g/mol. The Hall–Kier alpha value is -2.55. The van der Waals surface area contributed by atoms with Gasteiger partial charge in [-0.1, -0.05) is 19.9 Å². The van der Waals surface area contributed by atoms with Crippen molar-refractivity contribution < 1.29 is 36.3 Å². The minimum Gasteiger partial charge on any atom is -0.390 e. The Morgan fingerprint density at radius 3 is 2.50 bits per heavy atom. The molecule has 4 atom stereocenters. The van der Waals surface area contributed by atoms with Crippen molar-refractivity contribution >= 4 is 33.2 Å². The Morgan fingerprint density at radius 2 is 1.95 bits per heavy atom. The molecule has 0 aliphatic carbocycles. The smallest absolute Gasteiger partial charge is 0.390 e. The Balaban J connectivity index is 1.73. The lowest BCUT2D eigenvalue weighted by Crippen LogP contribution is -2.54. The van der Waals surface area contributed by atoms with Crippen molar-refractivity contribution in [3.05, 3.63) is 46.3 Å². The number of halogens is 3. The zero-order chi connectivity index (χ0) is 28.3. The normalized spacial score (nSPS) is 22.1. The Bertz CT molecular complexity index is 1200. The number of nitrogens with zero attached hydrogens (tertiary/aromatic N) is 2. The molecule has 3 heterocycles. The molecular weight excluding hydrogens is 545 g/mol. The summed E-state index contributed by atoms with van der Waals surface area (Å²) >= 11 is 1.24.